The molecule has 1 N–H and O–H groups in total. The van der Waals surface area contributed by atoms with Gasteiger partial charge in [0.25, 0.3) is 0 Å². The van der Waals surface area contributed by atoms with E-state index in [-0.39, 0.29) is 0 Å². The number of ether oxygens (including phenoxy) is 1. The lowest BCUT2D eigenvalue weighted by atomic mass is 10.1. The lowest BCUT2D eigenvalue weighted by Crippen LogP contribution is -1.94. The van der Waals surface area contributed by atoms with Crippen LogP contribution < -0.4 is 4.74 Å². The monoisotopic (exact) mass is 239 g/mol. The molecule has 0 aliphatic carbocycles. The molecule has 18 heavy (non-hydrogen) atoms. The largest absolute Gasteiger partial charge is 0.496 e. The van der Waals surface area contributed by atoms with Crippen molar-refractivity contribution in [2.45, 2.75) is 6.42 Å². The molecule has 0 unspecified atom stereocenters. The van der Waals surface area contributed by atoms with Crippen molar-refractivity contribution in [1.29, 1.82) is 0 Å². The van der Waals surface area contributed by atoms with Crippen LogP contribution in [0.2, 0.25) is 0 Å². The third-order valence-corrected chi connectivity index (χ3v) is 2.86. The summed E-state index contributed by atoms with van der Waals surface area (Å²) in [5.74, 6) is 1.78. The molecule has 0 atom stereocenters. The first-order chi connectivity index (χ1) is 8.86. The highest BCUT2D eigenvalue weighted by Gasteiger charge is 2.07. The van der Waals surface area contributed by atoms with Crippen LogP contribution >= 0.6 is 0 Å². The molecule has 3 rings (SSSR count). The Morgan fingerprint density at radius 1 is 1.17 bits per heavy atom. The van der Waals surface area contributed by atoms with E-state index in [1.165, 1.54) is 0 Å². The number of para-hydroxylation sites is 1. The van der Waals surface area contributed by atoms with Crippen molar-refractivity contribution in [3.63, 3.8) is 0 Å². The van der Waals surface area contributed by atoms with Gasteiger partial charge in [-0.3, -0.25) is 0 Å². The predicted octanol–water partition coefficient (Wildman–Crippen LogP) is 2.56. The topological polar surface area (TPSA) is 50.8 Å². The van der Waals surface area contributed by atoms with Crippen LogP contribution in [0.5, 0.6) is 5.75 Å². The number of aromatic nitrogens is 3. The highest BCUT2D eigenvalue weighted by Crippen LogP contribution is 2.20. The van der Waals surface area contributed by atoms with Gasteiger partial charge in [0.15, 0.2) is 5.65 Å². The molecule has 0 radical (unpaired) electrons. The summed E-state index contributed by atoms with van der Waals surface area (Å²) in [6, 6.07) is 11.8. The second-order valence-corrected chi connectivity index (χ2v) is 4.05. The number of nitrogens with zero attached hydrogens (tertiary/aromatic N) is 2. The van der Waals surface area contributed by atoms with Crippen molar-refractivity contribution in [1.82, 2.24) is 15.0 Å². The number of H-pyrrole nitrogens is 1. The van der Waals surface area contributed by atoms with Gasteiger partial charge in [0.2, 0.25) is 0 Å². The molecule has 0 spiro atoms. The first kappa shape index (κ1) is 10.8. The number of methoxy groups -OCH3 is 1. The van der Waals surface area contributed by atoms with E-state index in [0.717, 1.165) is 28.3 Å². The smallest absolute Gasteiger partial charge is 0.177 e. The highest BCUT2D eigenvalue weighted by atomic mass is 16.5. The van der Waals surface area contributed by atoms with E-state index in [0.29, 0.717) is 6.42 Å². The average molecular weight is 239 g/mol. The van der Waals surface area contributed by atoms with Gasteiger partial charge in [-0.15, -0.1) is 0 Å². The molecular formula is C14H13N3O. The number of hydrogen-bond donors (Lipinski definition) is 1. The zero-order valence-corrected chi connectivity index (χ0v) is 10.1. The van der Waals surface area contributed by atoms with E-state index in [1.54, 1.807) is 13.3 Å². The molecule has 0 fully saturated rings. The number of imidazole rings is 1. The Bertz CT molecular complexity index is 642. The summed E-state index contributed by atoms with van der Waals surface area (Å²) in [5.41, 5.74) is 2.82. The summed E-state index contributed by atoms with van der Waals surface area (Å²) in [6.07, 6.45) is 2.45. The van der Waals surface area contributed by atoms with Gasteiger partial charge >= 0.3 is 0 Å². The van der Waals surface area contributed by atoms with Gasteiger partial charge in [0, 0.05) is 18.2 Å². The van der Waals surface area contributed by atoms with Crippen LogP contribution in [0.1, 0.15) is 11.4 Å². The van der Waals surface area contributed by atoms with E-state index in [4.69, 9.17) is 4.74 Å². The summed E-state index contributed by atoms with van der Waals surface area (Å²) in [7, 11) is 1.68. The van der Waals surface area contributed by atoms with Crippen LogP contribution in [0.3, 0.4) is 0 Å². The van der Waals surface area contributed by atoms with Crippen molar-refractivity contribution in [3.8, 4) is 5.75 Å². The fourth-order valence-electron chi connectivity index (χ4n) is 2.01. The Morgan fingerprint density at radius 2 is 2.06 bits per heavy atom. The molecule has 90 valence electrons. The summed E-state index contributed by atoms with van der Waals surface area (Å²) in [6.45, 7) is 0. The van der Waals surface area contributed by atoms with Crippen LogP contribution in [0.15, 0.2) is 42.6 Å². The van der Waals surface area contributed by atoms with Gasteiger partial charge in [-0.05, 0) is 18.2 Å². The van der Waals surface area contributed by atoms with E-state index in [2.05, 4.69) is 15.0 Å². The SMILES string of the molecule is COc1ccccc1Cc1nc2ncccc2[nH]1. The molecule has 1 aromatic carbocycles. The average Bonchev–Trinajstić information content (AvgIpc) is 2.81. The maximum atomic E-state index is 5.33. The normalized spacial score (nSPS) is 10.7. The third-order valence-electron chi connectivity index (χ3n) is 2.86. The minimum absolute atomic E-state index is 0.709. The number of pyridine rings is 1. The Balaban J connectivity index is 1.96. The van der Waals surface area contributed by atoms with Gasteiger partial charge < -0.3 is 9.72 Å². The van der Waals surface area contributed by atoms with Crippen LogP contribution in [-0.2, 0) is 6.42 Å². The molecule has 2 heterocycles. The molecule has 4 heteroatoms. The molecule has 0 bridgehead atoms. The van der Waals surface area contributed by atoms with Crippen molar-refractivity contribution >= 4 is 11.2 Å². The van der Waals surface area contributed by atoms with Crippen molar-refractivity contribution in [2.75, 3.05) is 7.11 Å². The van der Waals surface area contributed by atoms with Gasteiger partial charge in [0.05, 0.1) is 12.6 Å². The zero-order chi connectivity index (χ0) is 12.4. The van der Waals surface area contributed by atoms with E-state index in [9.17, 15) is 0 Å². The summed E-state index contributed by atoms with van der Waals surface area (Å²) < 4.78 is 5.33. The first-order valence-corrected chi connectivity index (χ1v) is 5.78. The third kappa shape index (κ3) is 1.93. The van der Waals surface area contributed by atoms with Crippen LogP contribution in [0.25, 0.3) is 11.2 Å². The molecule has 0 aliphatic heterocycles. The van der Waals surface area contributed by atoms with Gasteiger partial charge in [0.1, 0.15) is 11.6 Å². The van der Waals surface area contributed by atoms with Gasteiger partial charge in [-0.25, -0.2) is 9.97 Å². The number of aromatic amines is 1. The Hall–Kier alpha value is -2.36. The Morgan fingerprint density at radius 3 is 2.89 bits per heavy atom. The number of benzene rings is 1. The van der Waals surface area contributed by atoms with Crippen LogP contribution in [0.4, 0.5) is 0 Å². The maximum absolute atomic E-state index is 5.33. The molecule has 2 aromatic heterocycles. The van der Waals surface area contributed by atoms with E-state index >= 15 is 0 Å². The Kier molecular flexibility index (Phi) is 2.68. The fraction of sp³-hybridized carbons (Fsp3) is 0.143. The van der Waals surface area contributed by atoms with Gasteiger partial charge in [-0.1, -0.05) is 18.2 Å². The molecule has 3 aromatic rings. The second kappa shape index (κ2) is 4.49. The number of hydrogen-bond acceptors (Lipinski definition) is 3. The molecule has 0 saturated heterocycles. The van der Waals surface area contributed by atoms with Crippen molar-refractivity contribution < 1.29 is 4.74 Å². The molecular weight excluding hydrogens is 226 g/mol. The van der Waals surface area contributed by atoms with Crippen molar-refractivity contribution in [2.24, 2.45) is 0 Å². The van der Waals surface area contributed by atoms with E-state index in [1.807, 2.05) is 36.4 Å². The zero-order valence-electron chi connectivity index (χ0n) is 10.1. The standard InChI is InChI=1S/C14H13N3O/c1-18-12-7-3-2-5-10(12)9-13-16-11-6-4-8-15-14(11)17-13/h2-8H,9H2,1H3,(H,15,16,17). The summed E-state index contributed by atoms with van der Waals surface area (Å²) >= 11 is 0. The predicted molar refractivity (Wildman–Crippen MR) is 69.7 cm³/mol. The fourth-order valence-corrected chi connectivity index (χ4v) is 2.01. The molecule has 0 amide bonds. The first-order valence-electron chi connectivity index (χ1n) is 5.78. The molecule has 0 saturated carbocycles. The number of rotatable bonds is 3. The molecule has 4 nitrogen and oxygen atoms in total. The maximum Gasteiger partial charge on any atom is 0.177 e. The summed E-state index contributed by atoms with van der Waals surface area (Å²) in [4.78, 5) is 11.9. The molecule has 0 aliphatic rings. The lowest BCUT2D eigenvalue weighted by molar-refractivity contribution is 0.410. The van der Waals surface area contributed by atoms with Crippen molar-refractivity contribution in [3.05, 3.63) is 54.0 Å². The Labute approximate surface area is 105 Å². The second-order valence-electron chi connectivity index (χ2n) is 4.05. The van der Waals surface area contributed by atoms with E-state index < -0.39 is 0 Å². The summed E-state index contributed by atoms with van der Waals surface area (Å²) in [5, 5.41) is 0. The lowest BCUT2D eigenvalue weighted by Gasteiger charge is -2.05. The minimum Gasteiger partial charge on any atom is -0.496 e. The highest BCUT2D eigenvalue weighted by molar-refractivity contribution is 5.70. The van der Waals surface area contributed by atoms with Gasteiger partial charge in [-0.2, -0.15) is 0 Å². The van der Waals surface area contributed by atoms with Crippen LogP contribution in [0, 0.1) is 0 Å². The minimum atomic E-state index is 0.709. The van der Waals surface area contributed by atoms with Crippen LogP contribution in [-0.4, -0.2) is 22.1 Å². The number of fused-ring (bicyclic) bond motifs is 1. The number of nitrogens with one attached hydrogen (secondary N) is 1. The quantitative estimate of drug-likeness (QED) is 0.764.